The Morgan fingerprint density at radius 3 is 1.96 bits per heavy atom. The van der Waals surface area contributed by atoms with Crippen LogP contribution in [0.5, 0.6) is 0 Å². The molecule has 0 bridgehead atoms. The SMILES string of the molecule is C1=Cc2cc3oc4ccccc4c3cc2N(c2nc(-c3ccccc3)c3ccccc3n2)c2ccc(-c3cccc4c3oc3ccccc34)cc21. The summed E-state index contributed by atoms with van der Waals surface area (Å²) in [5.41, 5.74) is 12.4. The summed E-state index contributed by atoms with van der Waals surface area (Å²) in [7, 11) is 0. The van der Waals surface area contributed by atoms with Gasteiger partial charge in [-0.2, -0.15) is 0 Å². The smallest absolute Gasteiger partial charge is 0.235 e. The molecule has 0 spiro atoms. The predicted octanol–water partition coefficient (Wildman–Crippen LogP) is 12.7. The number of nitrogens with zero attached hydrogens (tertiary/aromatic N) is 3. The molecule has 11 rings (SSSR count). The van der Waals surface area contributed by atoms with Gasteiger partial charge in [-0.05, 0) is 53.6 Å². The summed E-state index contributed by atoms with van der Waals surface area (Å²) in [4.78, 5) is 12.8. The second-order valence-electron chi connectivity index (χ2n) is 13.0. The summed E-state index contributed by atoms with van der Waals surface area (Å²) in [5.74, 6) is 0.595. The molecule has 1 aliphatic heterocycles. The van der Waals surface area contributed by atoms with Crippen LogP contribution in [-0.4, -0.2) is 9.97 Å². The average Bonchev–Trinajstić information content (AvgIpc) is 3.70. The summed E-state index contributed by atoms with van der Waals surface area (Å²) in [6.07, 6.45) is 4.36. The molecule has 10 aromatic rings. The fourth-order valence-corrected chi connectivity index (χ4v) is 7.64. The van der Waals surface area contributed by atoms with E-state index >= 15 is 0 Å². The van der Waals surface area contributed by atoms with Crippen LogP contribution in [0.4, 0.5) is 17.3 Å². The van der Waals surface area contributed by atoms with Gasteiger partial charge in [0.15, 0.2) is 0 Å². The van der Waals surface area contributed by atoms with Gasteiger partial charge < -0.3 is 8.83 Å². The molecular formula is C46H27N3O2. The van der Waals surface area contributed by atoms with Crippen LogP contribution in [0, 0.1) is 0 Å². The number of benzene rings is 7. The molecule has 51 heavy (non-hydrogen) atoms. The van der Waals surface area contributed by atoms with E-state index in [9.17, 15) is 0 Å². The zero-order chi connectivity index (χ0) is 33.5. The summed E-state index contributed by atoms with van der Waals surface area (Å²) >= 11 is 0. The molecule has 0 aliphatic carbocycles. The van der Waals surface area contributed by atoms with Gasteiger partial charge >= 0.3 is 0 Å². The fraction of sp³-hybridized carbons (Fsp3) is 0. The highest BCUT2D eigenvalue weighted by Crippen LogP contribution is 2.46. The second kappa shape index (κ2) is 10.8. The summed E-state index contributed by atoms with van der Waals surface area (Å²) in [6.45, 7) is 0. The van der Waals surface area contributed by atoms with Crippen molar-refractivity contribution in [2.24, 2.45) is 0 Å². The molecule has 0 radical (unpaired) electrons. The molecule has 0 saturated heterocycles. The van der Waals surface area contributed by atoms with E-state index in [0.717, 1.165) is 99.7 Å². The van der Waals surface area contributed by atoms with Crippen molar-refractivity contribution in [1.82, 2.24) is 9.97 Å². The lowest BCUT2D eigenvalue weighted by Crippen LogP contribution is -2.15. The summed E-state index contributed by atoms with van der Waals surface area (Å²) in [6, 6.07) is 52.3. The maximum Gasteiger partial charge on any atom is 0.235 e. The molecule has 3 aromatic heterocycles. The number of anilines is 3. The quantitative estimate of drug-likeness (QED) is 0.190. The van der Waals surface area contributed by atoms with Crippen LogP contribution < -0.4 is 4.90 Å². The van der Waals surface area contributed by atoms with Crippen molar-refractivity contribution in [3.8, 4) is 22.4 Å². The third kappa shape index (κ3) is 4.28. The van der Waals surface area contributed by atoms with Crippen molar-refractivity contribution in [3.63, 3.8) is 0 Å². The molecule has 0 unspecified atom stereocenters. The van der Waals surface area contributed by atoms with Gasteiger partial charge in [-0.3, -0.25) is 4.90 Å². The Morgan fingerprint density at radius 2 is 1.12 bits per heavy atom. The van der Waals surface area contributed by atoms with Crippen molar-refractivity contribution in [2.45, 2.75) is 0 Å². The Morgan fingerprint density at radius 1 is 0.431 bits per heavy atom. The highest BCUT2D eigenvalue weighted by atomic mass is 16.3. The summed E-state index contributed by atoms with van der Waals surface area (Å²) < 4.78 is 12.8. The number of aromatic nitrogens is 2. The number of furan rings is 2. The topological polar surface area (TPSA) is 55.3 Å². The van der Waals surface area contributed by atoms with Gasteiger partial charge in [-0.15, -0.1) is 0 Å². The lowest BCUT2D eigenvalue weighted by Gasteiger charge is -2.26. The number of fused-ring (bicyclic) bond motifs is 9. The lowest BCUT2D eigenvalue weighted by atomic mass is 9.99. The molecule has 5 heteroatoms. The van der Waals surface area contributed by atoms with Crippen LogP contribution in [0.15, 0.2) is 160 Å². The first-order valence-corrected chi connectivity index (χ1v) is 17.1. The second-order valence-corrected chi connectivity index (χ2v) is 13.0. The average molecular weight is 654 g/mol. The molecule has 1 aliphatic rings. The Balaban J connectivity index is 1.18. The van der Waals surface area contributed by atoms with E-state index < -0.39 is 0 Å². The normalized spacial score (nSPS) is 12.6. The minimum absolute atomic E-state index is 0.595. The van der Waals surface area contributed by atoms with E-state index in [0.29, 0.717) is 5.95 Å². The molecule has 0 N–H and O–H groups in total. The molecular weight excluding hydrogens is 627 g/mol. The van der Waals surface area contributed by atoms with Crippen LogP contribution in [0.1, 0.15) is 11.1 Å². The maximum atomic E-state index is 6.46. The van der Waals surface area contributed by atoms with Gasteiger partial charge in [0.05, 0.1) is 22.6 Å². The minimum atomic E-state index is 0.595. The van der Waals surface area contributed by atoms with Crippen molar-refractivity contribution < 1.29 is 8.83 Å². The first-order chi connectivity index (χ1) is 25.3. The lowest BCUT2D eigenvalue weighted by molar-refractivity contribution is 0.668. The number of para-hydroxylation sites is 4. The van der Waals surface area contributed by atoms with Crippen LogP contribution in [0.25, 0.3) is 89.3 Å². The van der Waals surface area contributed by atoms with Gasteiger partial charge in [0, 0.05) is 43.6 Å². The Labute approximate surface area is 292 Å². The highest BCUT2D eigenvalue weighted by Gasteiger charge is 2.26. The highest BCUT2D eigenvalue weighted by molar-refractivity contribution is 6.11. The number of hydrogen-bond donors (Lipinski definition) is 0. The molecule has 0 saturated carbocycles. The van der Waals surface area contributed by atoms with Crippen LogP contribution >= 0.6 is 0 Å². The zero-order valence-electron chi connectivity index (χ0n) is 27.2. The first kappa shape index (κ1) is 27.9. The van der Waals surface area contributed by atoms with Crippen molar-refractivity contribution in [3.05, 3.63) is 163 Å². The molecule has 238 valence electrons. The zero-order valence-corrected chi connectivity index (χ0v) is 27.2. The minimum Gasteiger partial charge on any atom is -0.456 e. The third-order valence-electron chi connectivity index (χ3n) is 10.0. The largest absolute Gasteiger partial charge is 0.456 e. The molecule has 0 atom stereocenters. The molecule has 0 amide bonds. The van der Waals surface area contributed by atoms with Crippen molar-refractivity contribution in [2.75, 3.05) is 4.90 Å². The van der Waals surface area contributed by atoms with Gasteiger partial charge in [-0.25, -0.2) is 9.97 Å². The first-order valence-electron chi connectivity index (χ1n) is 17.1. The third-order valence-corrected chi connectivity index (χ3v) is 10.0. The molecule has 4 heterocycles. The predicted molar refractivity (Wildman–Crippen MR) is 209 cm³/mol. The van der Waals surface area contributed by atoms with Crippen LogP contribution in [0.3, 0.4) is 0 Å². The van der Waals surface area contributed by atoms with Gasteiger partial charge in [0.1, 0.15) is 22.3 Å². The summed E-state index contributed by atoms with van der Waals surface area (Å²) in [5, 5.41) is 5.35. The Kier molecular flexibility index (Phi) is 5.89. The molecule has 0 fully saturated rings. The van der Waals surface area contributed by atoms with Gasteiger partial charge in [0.25, 0.3) is 0 Å². The van der Waals surface area contributed by atoms with E-state index in [-0.39, 0.29) is 0 Å². The van der Waals surface area contributed by atoms with Crippen LogP contribution in [-0.2, 0) is 0 Å². The van der Waals surface area contributed by atoms with Crippen molar-refractivity contribution >= 4 is 84.3 Å². The Hall–Kier alpha value is -6.98. The number of rotatable bonds is 3. The van der Waals surface area contributed by atoms with Gasteiger partial charge in [-0.1, -0.05) is 121 Å². The van der Waals surface area contributed by atoms with E-state index in [1.807, 2.05) is 42.5 Å². The monoisotopic (exact) mass is 653 g/mol. The van der Waals surface area contributed by atoms with E-state index in [2.05, 4.69) is 126 Å². The molecule has 5 nitrogen and oxygen atoms in total. The van der Waals surface area contributed by atoms with Crippen molar-refractivity contribution in [1.29, 1.82) is 0 Å². The van der Waals surface area contributed by atoms with E-state index in [1.54, 1.807) is 0 Å². The number of hydrogen-bond acceptors (Lipinski definition) is 5. The fourth-order valence-electron chi connectivity index (χ4n) is 7.64. The Bertz CT molecular complexity index is 3040. The van der Waals surface area contributed by atoms with E-state index in [1.165, 1.54) is 0 Å². The maximum absolute atomic E-state index is 6.46. The van der Waals surface area contributed by atoms with E-state index in [4.69, 9.17) is 18.8 Å². The van der Waals surface area contributed by atoms with Gasteiger partial charge in [0.2, 0.25) is 5.95 Å². The standard InChI is InChI=1S/C46H27N3O2/c1-2-11-28(12-3-1)44-36-15-4-7-18-38(36)47-46(48-44)49-39-24-23-29(32-16-10-17-35-33-13-5-9-20-42(33)51-45(32)35)25-30(39)21-22-31-26-43-37(27-40(31)49)34-14-6-8-19-41(34)50-43/h1-27H. The van der Waals surface area contributed by atoms with Crippen LogP contribution in [0.2, 0.25) is 0 Å². The molecule has 7 aromatic carbocycles.